The van der Waals surface area contributed by atoms with Crippen LogP contribution in [0.5, 0.6) is 0 Å². The number of halogens is 2. The van der Waals surface area contributed by atoms with Crippen LogP contribution in [-0.2, 0) is 0 Å². The molecular formula is C10H11Cl2N3O. The first-order chi connectivity index (χ1) is 7.68. The van der Waals surface area contributed by atoms with Crippen LogP contribution in [0.2, 0.25) is 10.4 Å². The lowest BCUT2D eigenvalue weighted by atomic mass is 10.1. The van der Waals surface area contributed by atoms with Crippen molar-refractivity contribution in [3.63, 3.8) is 0 Å². The van der Waals surface area contributed by atoms with Gasteiger partial charge in [0, 0.05) is 19.3 Å². The first-order valence-electron chi connectivity index (χ1n) is 5.16. The molecule has 1 aliphatic heterocycles. The van der Waals surface area contributed by atoms with Crippen molar-refractivity contribution in [3.05, 3.63) is 22.2 Å². The second-order valence-corrected chi connectivity index (χ2v) is 4.39. The third kappa shape index (κ3) is 2.44. The summed E-state index contributed by atoms with van der Waals surface area (Å²) in [5.74, 6) is -0.110. The van der Waals surface area contributed by atoms with Gasteiger partial charge < -0.3 is 4.90 Å². The highest BCUT2D eigenvalue weighted by molar-refractivity contribution is 6.34. The Balaban J connectivity index is 2.19. The van der Waals surface area contributed by atoms with E-state index in [0.29, 0.717) is 5.56 Å². The highest BCUT2D eigenvalue weighted by atomic mass is 35.5. The molecule has 0 aromatic carbocycles. The van der Waals surface area contributed by atoms with E-state index < -0.39 is 0 Å². The van der Waals surface area contributed by atoms with E-state index in [1.807, 2.05) is 0 Å². The molecule has 2 rings (SSSR count). The van der Waals surface area contributed by atoms with E-state index in [9.17, 15) is 4.79 Å². The number of carbonyl (C=O) groups is 1. The van der Waals surface area contributed by atoms with Gasteiger partial charge in [0.25, 0.3) is 5.91 Å². The van der Waals surface area contributed by atoms with Crippen LogP contribution < -0.4 is 0 Å². The number of likely N-dealkylation sites (tertiary alicyclic amines) is 1. The molecule has 1 aromatic rings. The molecular weight excluding hydrogens is 249 g/mol. The molecule has 0 saturated carbocycles. The number of carbonyl (C=O) groups excluding carboxylic acids is 1. The third-order valence-electron chi connectivity index (χ3n) is 2.59. The quantitative estimate of drug-likeness (QED) is 0.575. The molecule has 1 saturated heterocycles. The van der Waals surface area contributed by atoms with Crippen molar-refractivity contribution in [1.29, 1.82) is 0 Å². The average molecular weight is 260 g/mol. The minimum absolute atomic E-state index is 0.0557. The molecule has 0 aliphatic carbocycles. The summed E-state index contributed by atoms with van der Waals surface area (Å²) in [5.41, 5.74) is 0.327. The largest absolute Gasteiger partial charge is 0.339 e. The van der Waals surface area contributed by atoms with E-state index >= 15 is 0 Å². The number of aromatic nitrogens is 2. The topological polar surface area (TPSA) is 46.1 Å². The molecule has 0 N–H and O–H groups in total. The zero-order valence-corrected chi connectivity index (χ0v) is 10.1. The van der Waals surface area contributed by atoms with Crippen molar-refractivity contribution in [3.8, 4) is 0 Å². The van der Waals surface area contributed by atoms with Crippen molar-refractivity contribution in [2.24, 2.45) is 0 Å². The second-order valence-electron chi connectivity index (χ2n) is 3.70. The zero-order chi connectivity index (χ0) is 11.5. The van der Waals surface area contributed by atoms with Crippen LogP contribution in [0.3, 0.4) is 0 Å². The maximum atomic E-state index is 12.1. The van der Waals surface area contributed by atoms with E-state index in [-0.39, 0.29) is 16.3 Å². The summed E-state index contributed by atoms with van der Waals surface area (Å²) in [7, 11) is 0. The predicted octanol–water partition coefficient (Wildman–Crippen LogP) is 2.41. The van der Waals surface area contributed by atoms with Gasteiger partial charge in [0.05, 0.1) is 5.56 Å². The Bertz CT molecular complexity index is 405. The average Bonchev–Trinajstić information content (AvgIpc) is 2.29. The molecule has 0 spiro atoms. The summed E-state index contributed by atoms with van der Waals surface area (Å²) < 4.78 is 0. The molecule has 16 heavy (non-hydrogen) atoms. The third-order valence-corrected chi connectivity index (χ3v) is 3.06. The summed E-state index contributed by atoms with van der Waals surface area (Å²) in [6.07, 6.45) is 4.64. The molecule has 0 bridgehead atoms. The van der Waals surface area contributed by atoms with Crippen LogP contribution in [0.4, 0.5) is 0 Å². The Hall–Kier alpha value is -0.870. The molecule has 6 heteroatoms. The second kappa shape index (κ2) is 4.97. The molecule has 86 valence electrons. The normalized spacial score (nSPS) is 16.2. The molecule has 0 unspecified atom stereocenters. The van der Waals surface area contributed by atoms with Crippen LogP contribution in [0.25, 0.3) is 0 Å². The van der Waals surface area contributed by atoms with Crippen LogP contribution in [0.15, 0.2) is 6.20 Å². The molecule has 1 aromatic heterocycles. The summed E-state index contributed by atoms with van der Waals surface area (Å²) in [4.78, 5) is 21.4. The highest BCUT2D eigenvalue weighted by Gasteiger charge is 2.21. The molecule has 2 heterocycles. The van der Waals surface area contributed by atoms with Gasteiger partial charge in [0.2, 0.25) is 5.28 Å². The Kier molecular flexibility index (Phi) is 3.61. The Morgan fingerprint density at radius 3 is 2.56 bits per heavy atom. The fourth-order valence-electron chi connectivity index (χ4n) is 1.75. The fourth-order valence-corrected chi connectivity index (χ4v) is 2.14. The Morgan fingerprint density at radius 2 is 1.94 bits per heavy atom. The summed E-state index contributed by atoms with van der Waals surface area (Å²) in [6.45, 7) is 1.55. The van der Waals surface area contributed by atoms with E-state index in [1.165, 1.54) is 12.6 Å². The number of hydrogen-bond donors (Lipinski definition) is 0. The number of nitrogens with zero attached hydrogens (tertiary/aromatic N) is 3. The number of piperidine rings is 1. The van der Waals surface area contributed by atoms with Gasteiger partial charge in [0.15, 0.2) is 0 Å². The van der Waals surface area contributed by atoms with Crippen LogP contribution >= 0.6 is 23.2 Å². The van der Waals surface area contributed by atoms with Gasteiger partial charge in [-0.05, 0) is 30.9 Å². The first-order valence-corrected chi connectivity index (χ1v) is 5.91. The van der Waals surface area contributed by atoms with Crippen LogP contribution in [0, 0.1) is 0 Å². The van der Waals surface area contributed by atoms with Gasteiger partial charge in [0.1, 0.15) is 5.15 Å². The van der Waals surface area contributed by atoms with Gasteiger partial charge in [-0.2, -0.15) is 0 Å². The smallest absolute Gasteiger partial charge is 0.258 e. The molecule has 0 radical (unpaired) electrons. The number of amides is 1. The number of rotatable bonds is 1. The lowest BCUT2D eigenvalue weighted by Crippen LogP contribution is -2.35. The molecule has 1 amide bonds. The lowest BCUT2D eigenvalue weighted by Gasteiger charge is -2.26. The van der Waals surface area contributed by atoms with Crippen LogP contribution in [0.1, 0.15) is 29.6 Å². The summed E-state index contributed by atoms with van der Waals surface area (Å²) in [5, 5.41) is 0.177. The van der Waals surface area contributed by atoms with E-state index in [1.54, 1.807) is 4.90 Å². The number of hydrogen-bond acceptors (Lipinski definition) is 3. The maximum Gasteiger partial charge on any atom is 0.258 e. The van der Waals surface area contributed by atoms with E-state index in [2.05, 4.69) is 9.97 Å². The molecule has 1 fully saturated rings. The lowest BCUT2D eigenvalue weighted by molar-refractivity contribution is 0.0723. The van der Waals surface area contributed by atoms with Crippen LogP contribution in [-0.4, -0.2) is 33.9 Å². The summed E-state index contributed by atoms with van der Waals surface area (Å²) in [6, 6.07) is 0. The zero-order valence-electron chi connectivity index (χ0n) is 8.62. The highest BCUT2D eigenvalue weighted by Crippen LogP contribution is 2.18. The Labute approximate surface area is 104 Å². The fraction of sp³-hybridized carbons (Fsp3) is 0.500. The van der Waals surface area contributed by atoms with Gasteiger partial charge in [-0.1, -0.05) is 11.6 Å². The standard InChI is InChI=1S/C10H11Cl2N3O/c11-8-7(6-13-10(12)14-8)9(16)15-4-2-1-3-5-15/h6H,1-5H2. The minimum Gasteiger partial charge on any atom is -0.339 e. The predicted molar refractivity (Wildman–Crippen MR) is 61.8 cm³/mol. The minimum atomic E-state index is -0.110. The van der Waals surface area contributed by atoms with Gasteiger partial charge in [-0.25, -0.2) is 9.97 Å². The molecule has 1 aliphatic rings. The first kappa shape index (κ1) is 11.6. The SMILES string of the molecule is O=C(c1cnc(Cl)nc1Cl)N1CCCCC1. The maximum absolute atomic E-state index is 12.1. The van der Waals surface area contributed by atoms with Crippen molar-refractivity contribution < 1.29 is 4.79 Å². The monoisotopic (exact) mass is 259 g/mol. The summed E-state index contributed by atoms with van der Waals surface area (Å²) >= 11 is 11.4. The van der Waals surface area contributed by atoms with Gasteiger partial charge >= 0.3 is 0 Å². The molecule has 0 atom stereocenters. The van der Waals surface area contributed by atoms with Crippen molar-refractivity contribution >= 4 is 29.1 Å². The van der Waals surface area contributed by atoms with Crippen molar-refractivity contribution in [2.45, 2.75) is 19.3 Å². The Morgan fingerprint density at radius 1 is 1.25 bits per heavy atom. The van der Waals surface area contributed by atoms with Gasteiger partial charge in [-0.3, -0.25) is 4.79 Å². The van der Waals surface area contributed by atoms with Gasteiger partial charge in [-0.15, -0.1) is 0 Å². The van der Waals surface area contributed by atoms with E-state index in [0.717, 1.165) is 25.9 Å². The van der Waals surface area contributed by atoms with Crippen molar-refractivity contribution in [2.75, 3.05) is 13.1 Å². The van der Waals surface area contributed by atoms with Crippen molar-refractivity contribution in [1.82, 2.24) is 14.9 Å². The molecule has 4 nitrogen and oxygen atoms in total. The van der Waals surface area contributed by atoms with E-state index in [4.69, 9.17) is 23.2 Å².